The molecule has 0 saturated heterocycles. The maximum atomic E-state index is 13.7. The number of fused-ring (bicyclic) bond motifs is 1. The Morgan fingerprint density at radius 3 is 2.55 bits per heavy atom. The molecule has 0 aromatic heterocycles. The number of unbranched alkanes of at least 4 members (excludes halogenated alkanes) is 1. The minimum Gasteiger partial charge on any atom is -0.494 e. The first kappa shape index (κ1) is 27.6. The number of rotatable bonds is 11. The molecule has 0 saturated carbocycles. The largest absolute Gasteiger partial charge is 0.494 e. The van der Waals surface area contributed by atoms with Gasteiger partial charge in [-0.1, -0.05) is 45.4 Å². The zero-order valence-electron chi connectivity index (χ0n) is 20.6. The molecule has 1 N–H and O–H groups in total. The number of aliphatic hydroxyl groups is 1. The second-order valence-corrected chi connectivity index (χ2v) is 9.82. The predicted molar refractivity (Wildman–Crippen MR) is 137 cm³/mol. The van der Waals surface area contributed by atoms with Crippen LogP contribution in [-0.4, -0.2) is 42.4 Å². The van der Waals surface area contributed by atoms with Crippen molar-refractivity contribution < 1.29 is 14.2 Å². The van der Waals surface area contributed by atoms with Gasteiger partial charge in [-0.05, 0) is 86.0 Å². The zero-order chi connectivity index (χ0) is 23.1. The van der Waals surface area contributed by atoms with E-state index in [4.69, 9.17) is 4.74 Å². The van der Waals surface area contributed by atoms with Gasteiger partial charge in [-0.25, -0.2) is 4.39 Å². The van der Waals surface area contributed by atoms with Gasteiger partial charge in [-0.3, -0.25) is 0 Å². The Balaban J connectivity index is 0.00000385. The van der Waals surface area contributed by atoms with Crippen LogP contribution in [0.4, 0.5) is 4.39 Å². The molecule has 1 aliphatic carbocycles. The monoisotopic (exact) mass is 477 g/mol. The highest BCUT2D eigenvalue weighted by Gasteiger charge is 2.43. The van der Waals surface area contributed by atoms with Crippen molar-refractivity contribution in [3.63, 3.8) is 0 Å². The van der Waals surface area contributed by atoms with Crippen molar-refractivity contribution in [2.75, 3.05) is 26.7 Å². The van der Waals surface area contributed by atoms with Gasteiger partial charge in [0.15, 0.2) is 0 Å². The topological polar surface area (TPSA) is 32.7 Å². The summed E-state index contributed by atoms with van der Waals surface area (Å²) < 4.78 is 19.5. The minimum atomic E-state index is -0.745. The lowest BCUT2D eigenvalue weighted by molar-refractivity contribution is -0.0300. The Labute approximate surface area is 205 Å². The summed E-state index contributed by atoms with van der Waals surface area (Å²) in [6.45, 7) is 9.05. The smallest absolute Gasteiger partial charge is 0.123 e. The number of aryl methyl sites for hydroxylation is 1. The van der Waals surface area contributed by atoms with Crippen molar-refractivity contribution in [3.05, 3.63) is 65.0 Å². The van der Waals surface area contributed by atoms with E-state index in [-0.39, 0.29) is 24.1 Å². The molecule has 2 aromatic rings. The molecule has 0 fully saturated rings. The van der Waals surface area contributed by atoms with E-state index in [1.54, 1.807) is 6.07 Å². The number of likely N-dealkylation sites (N-methyl/N-ethyl adjacent to an activating group) is 1. The van der Waals surface area contributed by atoms with E-state index in [0.29, 0.717) is 12.3 Å². The van der Waals surface area contributed by atoms with Gasteiger partial charge in [0.05, 0.1) is 12.2 Å². The van der Waals surface area contributed by atoms with Gasteiger partial charge in [-0.2, -0.15) is 0 Å². The van der Waals surface area contributed by atoms with Crippen molar-refractivity contribution in [1.82, 2.24) is 4.90 Å². The first-order valence-electron chi connectivity index (χ1n) is 12.2. The van der Waals surface area contributed by atoms with Crippen LogP contribution in [0.25, 0.3) is 0 Å². The fraction of sp³-hybridized carbons (Fsp3) is 0.571. The third-order valence-electron chi connectivity index (χ3n) is 6.91. The Bertz CT molecular complexity index is 857. The summed E-state index contributed by atoms with van der Waals surface area (Å²) in [6, 6.07) is 13.5. The number of nitrogens with zero attached hydrogens (tertiary/aromatic N) is 1. The fourth-order valence-electron chi connectivity index (χ4n) is 5.05. The van der Waals surface area contributed by atoms with Crippen molar-refractivity contribution in [2.45, 2.75) is 70.8 Å². The molecule has 1 aliphatic rings. The molecule has 0 bridgehead atoms. The maximum absolute atomic E-state index is 13.7. The third-order valence-corrected chi connectivity index (χ3v) is 6.91. The number of hydrogen-bond acceptors (Lipinski definition) is 3. The lowest BCUT2D eigenvalue weighted by Gasteiger charge is -2.44. The lowest BCUT2D eigenvalue weighted by Crippen LogP contribution is -2.45. The molecule has 2 atom stereocenters. The number of benzene rings is 2. The van der Waals surface area contributed by atoms with Crippen molar-refractivity contribution in [1.29, 1.82) is 0 Å². The molecule has 0 heterocycles. The molecule has 0 spiro atoms. The molecule has 5 heteroatoms. The second-order valence-electron chi connectivity index (χ2n) is 9.82. The number of ether oxygens (including phenoxy) is 1. The van der Waals surface area contributed by atoms with Crippen LogP contribution in [0.5, 0.6) is 5.75 Å². The fourth-order valence-corrected chi connectivity index (χ4v) is 5.05. The average Bonchev–Trinajstić information content (AvgIpc) is 2.77. The summed E-state index contributed by atoms with van der Waals surface area (Å²) >= 11 is 0. The summed E-state index contributed by atoms with van der Waals surface area (Å²) in [5.74, 6) is 1.10. The van der Waals surface area contributed by atoms with Crippen LogP contribution in [0.2, 0.25) is 0 Å². The molecule has 0 unspecified atom stereocenters. The van der Waals surface area contributed by atoms with Gasteiger partial charge in [0, 0.05) is 19.0 Å². The summed E-state index contributed by atoms with van der Waals surface area (Å²) in [5.41, 5.74) is 2.74. The number of hydrogen-bond donors (Lipinski definition) is 1. The summed E-state index contributed by atoms with van der Waals surface area (Å²) in [4.78, 5) is 2.31. The van der Waals surface area contributed by atoms with Crippen molar-refractivity contribution in [3.8, 4) is 5.75 Å². The molecule has 184 valence electrons. The summed E-state index contributed by atoms with van der Waals surface area (Å²) in [5, 5.41) is 11.6. The van der Waals surface area contributed by atoms with E-state index >= 15 is 0 Å². The Hall–Kier alpha value is -1.62. The minimum absolute atomic E-state index is 0. The molecule has 0 aliphatic heterocycles. The van der Waals surface area contributed by atoms with E-state index in [1.165, 1.54) is 11.6 Å². The van der Waals surface area contributed by atoms with E-state index in [1.807, 2.05) is 6.07 Å². The van der Waals surface area contributed by atoms with E-state index in [0.717, 1.165) is 68.7 Å². The third kappa shape index (κ3) is 7.43. The molecule has 0 amide bonds. The van der Waals surface area contributed by atoms with E-state index in [9.17, 15) is 9.50 Å². The molecular weight excluding hydrogens is 437 g/mol. The van der Waals surface area contributed by atoms with Crippen LogP contribution in [0.15, 0.2) is 42.5 Å². The van der Waals surface area contributed by atoms with Crippen molar-refractivity contribution >= 4 is 12.4 Å². The Kier molecular flexibility index (Phi) is 10.7. The molecule has 0 radical (unpaired) electrons. The van der Waals surface area contributed by atoms with Gasteiger partial charge >= 0.3 is 0 Å². The maximum Gasteiger partial charge on any atom is 0.123 e. The van der Waals surface area contributed by atoms with E-state index in [2.05, 4.69) is 57.0 Å². The quantitative estimate of drug-likeness (QED) is 0.379. The van der Waals surface area contributed by atoms with Gasteiger partial charge in [0.25, 0.3) is 0 Å². The highest BCUT2D eigenvalue weighted by molar-refractivity contribution is 5.85. The molecule has 3 rings (SSSR count). The van der Waals surface area contributed by atoms with Crippen LogP contribution in [0.3, 0.4) is 0 Å². The normalized spacial score (nSPS) is 19.9. The standard InChI is InChI=1S/C28H40FNO2.ClH/c1-5-6-19-32-25-10-7-22(8-11-25)14-17-30(4)18-16-28(31)15-13-23-20-24(29)9-12-26(23)27(28)21(2)3;/h7-12,20-21,27,31H,5-6,13-19H2,1-4H3;1H/t27-,28-;/m0./s1. The van der Waals surface area contributed by atoms with Crippen LogP contribution in [0.1, 0.15) is 69.1 Å². The summed E-state index contributed by atoms with van der Waals surface area (Å²) in [7, 11) is 2.13. The lowest BCUT2D eigenvalue weighted by atomic mass is 9.66. The SMILES string of the molecule is CCCCOc1ccc(CCN(C)CC[C@@]2(O)CCc3cc(F)ccc3[C@@H]2C(C)C)cc1.Cl. The highest BCUT2D eigenvalue weighted by atomic mass is 35.5. The van der Waals surface area contributed by atoms with Gasteiger partial charge < -0.3 is 14.7 Å². The first-order chi connectivity index (χ1) is 15.3. The highest BCUT2D eigenvalue weighted by Crippen LogP contribution is 2.45. The van der Waals surface area contributed by atoms with Crippen LogP contribution >= 0.6 is 12.4 Å². The van der Waals surface area contributed by atoms with Gasteiger partial charge in [0.2, 0.25) is 0 Å². The second kappa shape index (κ2) is 12.7. The van der Waals surface area contributed by atoms with Crippen LogP contribution < -0.4 is 4.74 Å². The molecule has 3 nitrogen and oxygen atoms in total. The van der Waals surface area contributed by atoms with E-state index < -0.39 is 5.60 Å². The summed E-state index contributed by atoms with van der Waals surface area (Å²) in [6.07, 6.45) is 5.36. The predicted octanol–water partition coefficient (Wildman–Crippen LogP) is 6.41. The van der Waals surface area contributed by atoms with Crippen LogP contribution in [-0.2, 0) is 12.8 Å². The van der Waals surface area contributed by atoms with Gasteiger partial charge in [0.1, 0.15) is 11.6 Å². The molecular formula is C28H41ClFNO2. The molecule has 2 aromatic carbocycles. The zero-order valence-corrected chi connectivity index (χ0v) is 21.5. The number of halogens is 2. The van der Waals surface area contributed by atoms with Crippen LogP contribution in [0, 0.1) is 11.7 Å². The average molecular weight is 478 g/mol. The van der Waals surface area contributed by atoms with Gasteiger partial charge in [-0.15, -0.1) is 12.4 Å². The first-order valence-corrected chi connectivity index (χ1v) is 12.2. The Morgan fingerprint density at radius 1 is 1.15 bits per heavy atom. The Morgan fingerprint density at radius 2 is 1.88 bits per heavy atom. The van der Waals surface area contributed by atoms with Crippen molar-refractivity contribution in [2.24, 2.45) is 5.92 Å². The molecule has 33 heavy (non-hydrogen) atoms.